The molecule has 2 aromatic rings. The Morgan fingerprint density at radius 3 is 1.42 bits per heavy atom. The molecule has 2 N–H and O–H groups in total. The molecule has 6 nitrogen and oxygen atoms in total. The van der Waals surface area contributed by atoms with Crippen molar-refractivity contribution in [3.63, 3.8) is 0 Å². The molecule has 0 aliphatic heterocycles. The second kappa shape index (κ2) is 6.83. The fraction of sp³-hybridized carbons (Fsp3) is 0.250. The molecule has 2 rings (SSSR count). The zero-order chi connectivity index (χ0) is 18.0. The van der Waals surface area contributed by atoms with E-state index in [1.807, 2.05) is 26.0 Å². The number of rotatable bonds is 2. The number of nitrogens with one attached hydrogen (secondary N) is 2. The molecule has 8 heteroatoms. The first-order chi connectivity index (χ1) is 11.3. The fourth-order valence-corrected chi connectivity index (χ4v) is 4.03. The summed E-state index contributed by atoms with van der Waals surface area (Å²) in [6.07, 6.45) is 0. The number of anilines is 2. The lowest BCUT2D eigenvalue weighted by Gasteiger charge is -2.04. The molecule has 0 unspecified atom stereocenters. The maximum atomic E-state index is 12.1. The topological polar surface area (TPSA) is 106 Å². The van der Waals surface area contributed by atoms with Gasteiger partial charge in [-0.2, -0.15) is 10.5 Å². The molecule has 2 aromatic heterocycles. The van der Waals surface area contributed by atoms with Gasteiger partial charge in [0.1, 0.15) is 22.1 Å². The second-order valence-electron chi connectivity index (χ2n) is 5.11. The number of nitrogens with zero attached hydrogens (tertiary/aromatic N) is 2. The summed E-state index contributed by atoms with van der Waals surface area (Å²) in [6.45, 7) is 7.26. The van der Waals surface area contributed by atoms with Gasteiger partial charge in [0, 0.05) is 9.75 Å². The van der Waals surface area contributed by atoms with Crippen LogP contribution >= 0.6 is 22.7 Å². The number of hydrogen-bond acceptors (Lipinski definition) is 6. The summed E-state index contributed by atoms with van der Waals surface area (Å²) < 4.78 is 0. The standard InChI is InChI=1S/C16H14N4O2S2/c1-7-9(3)23-15(11(7)5-17)19-13(21)14(22)20-16-12(6-18)8(2)10(4)24-16/h1-4H3,(H,19,21)(H,20,22). The average molecular weight is 358 g/mol. The van der Waals surface area contributed by atoms with Crippen LogP contribution in [0, 0.1) is 50.4 Å². The molecule has 0 radical (unpaired) electrons. The van der Waals surface area contributed by atoms with Gasteiger partial charge in [-0.25, -0.2) is 0 Å². The molecule has 24 heavy (non-hydrogen) atoms. The highest BCUT2D eigenvalue weighted by molar-refractivity contribution is 7.17. The van der Waals surface area contributed by atoms with Crippen molar-refractivity contribution in [1.29, 1.82) is 10.5 Å². The van der Waals surface area contributed by atoms with E-state index in [1.54, 1.807) is 13.8 Å². The summed E-state index contributed by atoms with van der Waals surface area (Å²) in [5.74, 6) is -1.75. The minimum absolute atomic E-state index is 0.353. The first-order valence-electron chi connectivity index (χ1n) is 6.92. The molecule has 0 saturated heterocycles. The number of nitriles is 2. The van der Waals surface area contributed by atoms with Crippen LogP contribution in [-0.4, -0.2) is 11.8 Å². The third-order valence-corrected chi connectivity index (χ3v) is 5.90. The van der Waals surface area contributed by atoms with Gasteiger partial charge in [0.25, 0.3) is 0 Å². The van der Waals surface area contributed by atoms with Crippen LogP contribution in [0.1, 0.15) is 32.0 Å². The van der Waals surface area contributed by atoms with Crippen molar-refractivity contribution in [3.05, 3.63) is 32.0 Å². The Kier molecular flexibility index (Phi) is 5.03. The fourth-order valence-electron chi connectivity index (χ4n) is 2.02. The Balaban J connectivity index is 2.19. The average Bonchev–Trinajstić information content (AvgIpc) is 2.95. The van der Waals surface area contributed by atoms with E-state index in [4.69, 9.17) is 0 Å². The van der Waals surface area contributed by atoms with E-state index in [0.29, 0.717) is 21.1 Å². The Morgan fingerprint density at radius 1 is 0.792 bits per heavy atom. The maximum Gasteiger partial charge on any atom is 0.314 e. The van der Waals surface area contributed by atoms with Crippen molar-refractivity contribution in [2.24, 2.45) is 0 Å². The largest absolute Gasteiger partial charge is 0.314 e. The minimum atomic E-state index is -0.875. The summed E-state index contributed by atoms with van der Waals surface area (Å²) in [4.78, 5) is 26.0. The van der Waals surface area contributed by atoms with Crippen LogP contribution in [0.2, 0.25) is 0 Å². The number of aryl methyl sites for hydroxylation is 2. The number of thiophene rings is 2. The zero-order valence-corrected chi connectivity index (χ0v) is 15.2. The Hall–Kier alpha value is -2.68. The van der Waals surface area contributed by atoms with Crippen molar-refractivity contribution in [2.75, 3.05) is 10.6 Å². The van der Waals surface area contributed by atoms with Gasteiger partial charge in [0.05, 0.1) is 11.1 Å². The van der Waals surface area contributed by atoms with Gasteiger partial charge in [-0.1, -0.05) is 0 Å². The molecule has 0 spiro atoms. The molecular weight excluding hydrogens is 344 g/mol. The van der Waals surface area contributed by atoms with Gasteiger partial charge in [-0.05, 0) is 38.8 Å². The number of carbonyl (C=O) groups is 2. The van der Waals surface area contributed by atoms with Crippen molar-refractivity contribution >= 4 is 44.5 Å². The minimum Gasteiger partial charge on any atom is -0.308 e. The van der Waals surface area contributed by atoms with Crippen molar-refractivity contribution in [3.8, 4) is 12.1 Å². The van der Waals surface area contributed by atoms with Gasteiger partial charge in [-0.15, -0.1) is 22.7 Å². The number of carbonyl (C=O) groups excluding carboxylic acids is 2. The first-order valence-corrected chi connectivity index (χ1v) is 8.55. The van der Waals surface area contributed by atoms with Crippen LogP contribution in [0.4, 0.5) is 10.0 Å². The SMILES string of the molecule is Cc1sc(NC(=O)C(=O)Nc2sc(C)c(C)c2C#N)c(C#N)c1C. The summed E-state index contributed by atoms with van der Waals surface area (Å²) in [5.41, 5.74) is 2.29. The van der Waals surface area contributed by atoms with Crippen molar-refractivity contribution < 1.29 is 9.59 Å². The van der Waals surface area contributed by atoms with Crippen LogP contribution in [0.25, 0.3) is 0 Å². The van der Waals surface area contributed by atoms with E-state index in [-0.39, 0.29) is 0 Å². The van der Waals surface area contributed by atoms with Gasteiger partial charge < -0.3 is 10.6 Å². The normalized spacial score (nSPS) is 9.92. The van der Waals surface area contributed by atoms with E-state index in [2.05, 4.69) is 10.6 Å². The van der Waals surface area contributed by atoms with E-state index in [9.17, 15) is 20.1 Å². The molecule has 0 aliphatic carbocycles. The van der Waals surface area contributed by atoms with Crippen molar-refractivity contribution in [1.82, 2.24) is 0 Å². The van der Waals surface area contributed by atoms with Gasteiger partial charge in [-0.3, -0.25) is 9.59 Å². The van der Waals surface area contributed by atoms with Crippen LogP contribution in [0.5, 0.6) is 0 Å². The molecule has 0 aromatic carbocycles. The zero-order valence-electron chi connectivity index (χ0n) is 13.5. The number of amides is 2. The molecular formula is C16H14N4O2S2. The highest BCUT2D eigenvalue weighted by atomic mass is 32.1. The summed E-state index contributed by atoms with van der Waals surface area (Å²) in [6, 6.07) is 4.06. The second-order valence-corrected chi connectivity index (χ2v) is 7.56. The Bertz CT molecular complexity index is 849. The predicted molar refractivity (Wildman–Crippen MR) is 94.3 cm³/mol. The molecule has 0 aliphatic rings. The van der Waals surface area contributed by atoms with E-state index < -0.39 is 11.8 Å². The molecule has 0 fully saturated rings. The van der Waals surface area contributed by atoms with Gasteiger partial charge in [0.15, 0.2) is 0 Å². The Morgan fingerprint density at radius 2 is 1.12 bits per heavy atom. The maximum absolute atomic E-state index is 12.1. The summed E-state index contributed by atoms with van der Waals surface area (Å²) >= 11 is 2.50. The smallest absolute Gasteiger partial charge is 0.308 e. The lowest BCUT2D eigenvalue weighted by Crippen LogP contribution is -2.29. The monoisotopic (exact) mass is 358 g/mol. The molecule has 0 bridgehead atoms. The molecule has 2 heterocycles. The third-order valence-electron chi connectivity index (χ3n) is 3.65. The molecule has 0 saturated carbocycles. The highest BCUT2D eigenvalue weighted by Gasteiger charge is 2.22. The molecule has 122 valence electrons. The summed E-state index contributed by atoms with van der Waals surface area (Å²) in [5, 5.41) is 24.0. The summed E-state index contributed by atoms with van der Waals surface area (Å²) in [7, 11) is 0. The van der Waals surface area contributed by atoms with Gasteiger partial charge in [0.2, 0.25) is 0 Å². The van der Waals surface area contributed by atoms with E-state index >= 15 is 0 Å². The van der Waals surface area contributed by atoms with Crippen molar-refractivity contribution in [2.45, 2.75) is 27.7 Å². The van der Waals surface area contributed by atoms with E-state index in [0.717, 1.165) is 20.9 Å². The Labute approximate surface area is 147 Å². The van der Waals surface area contributed by atoms with Crippen LogP contribution in [0.3, 0.4) is 0 Å². The van der Waals surface area contributed by atoms with Crippen LogP contribution < -0.4 is 10.6 Å². The van der Waals surface area contributed by atoms with Gasteiger partial charge >= 0.3 is 11.8 Å². The quantitative estimate of drug-likeness (QED) is 0.803. The molecule has 0 atom stereocenters. The predicted octanol–water partition coefficient (Wildman–Crippen LogP) is 3.36. The highest BCUT2D eigenvalue weighted by Crippen LogP contribution is 2.33. The van der Waals surface area contributed by atoms with Crippen LogP contribution in [-0.2, 0) is 9.59 Å². The lowest BCUT2D eigenvalue weighted by molar-refractivity contribution is -0.132. The lowest BCUT2D eigenvalue weighted by atomic mass is 10.2. The number of hydrogen-bond donors (Lipinski definition) is 2. The van der Waals surface area contributed by atoms with E-state index in [1.165, 1.54) is 22.7 Å². The third kappa shape index (κ3) is 3.16. The first kappa shape index (κ1) is 17.7. The molecule has 2 amide bonds. The van der Waals surface area contributed by atoms with Crippen LogP contribution in [0.15, 0.2) is 0 Å².